The van der Waals surface area contributed by atoms with Gasteiger partial charge in [0.15, 0.2) is 0 Å². The molecule has 1 fully saturated rings. The van der Waals surface area contributed by atoms with Gasteiger partial charge < -0.3 is 14.2 Å². The Balaban J connectivity index is 1.95. The molecule has 0 bridgehead atoms. The van der Waals surface area contributed by atoms with Crippen molar-refractivity contribution >= 4 is 6.01 Å². The van der Waals surface area contributed by atoms with E-state index in [1.165, 1.54) is 0 Å². The summed E-state index contributed by atoms with van der Waals surface area (Å²) in [5, 5.41) is 0. The summed E-state index contributed by atoms with van der Waals surface area (Å²) in [5.74, 6) is 0. The molecule has 1 aliphatic heterocycles. The van der Waals surface area contributed by atoms with Crippen LogP contribution in [0.5, 0.6) is 0 Å². The molecule has 4 nitrogen and oxygen atoms in total. The molecule has 1 aromatic heterocycles. The fraction of sp³-hybridized carbons (Fsp3) is 0.700. The third-order valence-corrected chi connectivity index (χ3v) is 2.70. The van der Waals surface area contributed by atoms with Gasteiger partial charge in [0.2, 0.25) is 0 Å². The first-order chi connectivity index (χ1) is 6.79. The van der Waals surface area contributed by atoms with Crippen LogP contribution in [0.1, 0.15) is 12.6 Å². The SMILES string of the molecule is CCN1CCN(c2nc(C)co2)CC1. The third-order valence-electron chi connectivity index (χ3n) is 2.70. The molecule has 0 N–H and O–H groups in total. The van der Waals surface area contributed by atoms with E-state index in [0.29, 0.717) is 0 Å². The van der Waals surface area contributed by atoms with Crippen molar-refractivity contribution in [3.05, 3.63) is 12.0 Å². The van der Waals surface area contributed by atoms with Crippen LogP contribution in [0.25, 0.3) is 0 Å². The van der Waals surface area contributed by atoms with Gasteiger partial charge in [-0.15, -0.1) is 0 Å². The Hall–Kier alpha value is -1.03. The van der Waals surface area contributed by atoms with E-state index >= 15 is 0 Å². The Morgan fingerprint density at radius 2 is 2.07 bits per heavy atom. The van der Waals surface area contributed by atoms with Crippen LogP contribution in [-0.2, 0) is 0 Å². The van der Waals surface area contributed by atoms with Crippen molar-refractivity contribution in [2.75, 3.05) is 37.6 Å². The summed E-state index contributed by atoms with van der Waals surface area (Å²) in [7, 11) is 0. The van der Waals surface area contributed by atoms with E-state index in [4.69, 9.17) is 4.42 Å². The number of oxazole rings is 1. The molecule has 0 saturated carbocycles. The number of piperazine rings is 1. The molecule has 0 aliphatic carbocycles. The van der Waals surface area contributed by atoms with Crippen molar-refractivity contribution < 1.29 is 4.42 Å². The Labute approximate surface area is 84.5 Å². The van der Waals surface area contributed by atoms with E-state index in [-0.39, 0.29) is 0 Å². The molecule has 0 aromatic carbocycles. The van der Waals surface area contributed by atoms with Crippen LogP contribution in [0, 0.1) is 6.92 Å². The lowest BCUT2D eigenvalue weighted by molar-refractivity contribution is 0.265. The maximum atomic E-state index is 5.37. The quantitative estimate of drug-likeness (QED) is 0.708. The smallest absolute Gasteiger partial charge is 0.297 e. The molecule has 1 aliphatic rings. The zero-order valence-electron chi connectivity index (χ0n) is 8.86. The molecule has 14 heavy (non-hydrogen) atoms. The Kier molecular flexibility index (Phi) is 2.72. The van der Waals surface area contributed by atoms with Crippen molar-refractivity contribution in [1.82, 2.24) is 9.88 Å². The number of hydrogen-bond donors (Lipinski definition) is 0. The summed E-state index contributed by atoms with van der Waals surface area (Å²) in [5.41, 5.74) is 0.956. The summed E-state index contributed by atoms with van der Waals surface area (Å²) >= 11 is 0. The largest absolute Gasteiger partial charge is 0.432 e. The van der Waals surface area contributed by atoms with E-state index in [1.807, 2.05) is 6.92 Å². The summed E-state index contributed by atoms with van der Waals surface area (Å²) in [6.45, 7) is 9.55. The van der Waals surface area contributed by atoms with Gasteiger partial charge in [-0.25, -0.2) is 0 Å². The molecule has 78 valence electrons. The average molecular weight is 195 g/mol. The molecule has 4 heteroatoms. The number of hydrogen-bond acceptors (Lipinski definition) is 4. The lowest BCUT2D eigenvalue weighted by Gasteiger charge is -2.32. The normalized spacial score (nSPS) is 18.9. The molecule has 1 saturated heterocycles. The van der Waals surface area contributed by atoms with E-state index in [2.05, 4.69) is 21.7 Å². The summed E-state index contributed by atoms with van der Waals surface area (Å²) in [6.07, 6.45) is 1.71. The predicted octanol–water partition coefficient (Wildman–Crippen LogP) is 1.12. The van der Waals surface area contributed by atoms with Gasteiger partial charge in [0.1, 0.15) is 6.26 Å². The second kappa shape index (κ2) is 4.00. The molecule has 2 heterocycles. The first-order valence-corrected chi connectivity index (χ1v) is 5.19. The fourth-order valence-electron chi connectivity index (χ4n) is 1.74. The minimum absolute atomic E-state index is 0.776. The Morgan fingerprint density at radius 1 is 1.36 bits per heavy atom. The number of rotatable bonds is 2. The lowest BCUT2D eigenvalue weighted by Crippen LogP contribution is -2.46. The van der Waals surface area contributed by atoms with Crippen LogP contribution in [0.15, 0.2) is 10.7 Å². The van der Waals surface area contributed by atoms with Crippen LogP contribution >= 0.6 is 0 Å². The minimum atomic E-state index is 0.776. The molecule has 0 radical (unpaired) electrons. The Morgan fingerprint density at radius 3 is 2.57 bits per heavy atom. The summed E-state index contributed by atoms with van der Waals surface area (Å²) in [6, 6.07) is 0.776. The van der Waals surface area contributed by atoms with Gasteiger partial charge in [0.05, 0.1) is 5.69 Å². The Bertz CT molecular complexity index is 289. The van der Waals surface area contributed by atoms with E-state index < -0.39 is 0 Å². The molecular weight excluding hydrogens is 178 g/mol. The van der Waals surface area contributed by atoms with Crippen molar-refractivity contribution in [3.8, 4) is 0 Å². The number of aryl methyl sites for hydroxylation is 1. The molecule has 0 atom stereocenters. The average Bonchev–Trinajstić information content (AvgIpc) is 2.65. The highest BCUT2D eigenvalue weighted by molar-refractivity contribution is 5.27. The van der Waals surface area contributed by atoms with Crippen LogP contribution < -0.4 is 4.90 Å². The monoisotopic (exact) mass is 195 g/mol. The minimum Gasteiger partial charge on any atom is -0.432 e. The number of anilines is 1. The van der Waals surface area contributed by atoms with Crippen molar-refractivity contribution in [3.63, 3.8) is 0 Å². The lowest BCUT2D eigenvalue weighted by atomic mass is 10.3. The van der Waals surface area contributed by atoms with Crippen molar-refractivity contribution in [1.29, 1.82) is 0 Å². The second-order valence-corrected chi connectivity index (χ2v) is 3.69. The van der Waals surface area contributed by atoms with E-state index in [9.17, 15) is 0 Å². The summed E-state index contributed by atoms with van der Waals surface area (Å²) < 4.78 is 5.37. The standard InChI is InChI=1S/C10H17N3O/c1-3-12-4-6-13(7-5-12)10-11-9(2)8-14-10/h8H,3-7H2,1-2H3. The van der Waals surface area contributed by atoms with Gasteiger partial charge in [-0.3, -0.25) is 0 Å². The second-order valence-electron chi connectivity index (χ2n) is 3.69. The number of aromatic nitrogens is 1. The van der Waals surface area contributed by atoms with E-state index in [1.54, 1.807) is 6.26 Å². The first-order valence-electron chi connectivity index (χ1n) is 5.19. The highest BCUT2D eigenvalue weighted by Crippen LogP contribution is 2.14. The van der Waals surface area contributed by atoms with Gasteiger partial charge in [-0.05, 0) is 13.5 Å². The fourth-order valence-corrected chi connectivity index (χ4v) is 1.74. The molecule has 1 aromatic rings. The molecule has 2 rings (SSSR count). The predicted molar refractivity (Wildman–Crippen MR) is 55.6 cm³/mol. The van der Waals surface area contributed by atoms with Crippen molar-refractivity contribution in [2.45, 2.75) is 13.8 Å². The van der Waals surface area contributed by atoms with E-state index in [0.717, 1.165) is 44.4 Å². The summed E-state index contributed by atoms with van der Waals surface area (Å²) in [4.78, 5) is 8.97. The van der Waals surface area contributed by atoms with Gasteiger partial charge in [0, 0.05) is 26.2 Å². The number of likely N-dealkylation sites (N-methyl/N-ethyl adjacent to an activating group) is 1. The van der Waals surface area contributed by atoms with Crippen LogP contribution in [0.4, 0.5) is 6.01 Å². The van der Waals surface area contributed by atoms with Gasteiger partial charge in [0.25, 0.3) is 6.01 Å². The number of nitrogens with zero attached hydrogens (tertiary/aromatic N) is 3. The van der Waals surface area contributed by atoms with Crippen LogP contribution in [0.2, 0.25) is 0 Å². The first kappa shape index (κ1) is 9.52. The van der Waals surface area contributed by atoms with Crippen molar-refractivity contribution in [2.24, 2.45) is 0 Å². The van der Waals surface area contributed by atoms with Crippen LogP contribution in [0.3, 0.4) is 0 Å². The molecule has 0 unspecified atom stereocenters. The highest BCUT2D eigenvalue weighted by atomic mass is 16.4. The highest BCUT2D eigenvalue weighted by Gasteiger charge is 2.18. The van der Waals surface area contributed by atoms with Gasteiger partial charge in [-0.2, -0.15) is 4.98 Å². The zero-order valence-corrected chi connectivity index (χ0v) is 8.86. The van der Waals surface area contributed by atoms with Crippen LogP contribution in [-0.4, -0.2) is 42.6 Å². The molecular formula is C10H17N3O. The van der Waals surface area contributed by atoms with Gasteiger partial charge >= 0.3 is 0 Å². The third kappa shape index (κ3) is 1.90. The maximum Gasteiger partial charge on any atom is 0.297 e. The zero-order chi connectivity index (χ0) is 9.97. The van der Waals surface area contributed by atoms with Gasteiger partial charge in [-0.1, -0.05) is 6.92 Å². The molecule has 0 spiro atoms. The topological polar surface area (TPSA) is 32.5 Å². The molecule has 0 amide bonds. The maximum absolute atomic E-state index is 5.37.